The largest absolute Gasteiger partial charge is 0.353 e. The lowest BCUT2D eigenvalue weighted by Gasteiger charge is -2.16. The van der Waals surface area contributed by atoms with Crippen LogP contribution in [-0.4, -0.2) is 28.8 Å². The number of carbonyl (C=O) groups is 1. The fraction of sp³-hybridized carbons (Fsp3) is 0.412. The van der Waals surface area contributed by atoms with E-state index in [1.54, 1.807) is 12.1 Å². The van der Waals surface area contributed by atoms with Crippen molar-refractivity contribution in [3.05, 3.63) is 39.5 Å². The molecule has 0 unspecified atom stereocenters. The Kier molecular flexibility index (Phi) is 5.01. The molecule has 2 heterocycles. The number of amides is 1. The first-order valence-electron chi connectivity index (χ1n) is 7.98. The lowest BCUT2D eigenvalue weighted by Crippen LogP contribution is -2.22. The van der Waals surface area contributed by atoms with Crippen LogP contribution in [0.15, 0.2) is 18.2 Å². The van der Waals surface area contributed by atoms with Crippen molar-refractivity contribution >= 4 is 40.6 Å². The van der Waals surface area contributed by atoms with Crippen LogP contribution in [0, 0.1) is 6.92 Å². The van der Waals surface area contributed by atoms with Crippen LogP contribution in [0.25, 0.3) is 0 Å². The van der Waals surface area contributed by atoms with Crippen molar-refractivity contribution in [2.45, 2.75) is 26.2 Å². The minimum absolute atomic E-state index is 0.0927. The Hall–Kier alpha value is -1.72. The van der Waals surface area contributed by atoms with Crippen molar-refractivity contribution in [3.8, 4) is 0 Å². The highest BCUT2D eigenvalue weighted by Gasteiger charge is 2.23. The van der Waals surface area contributed by atoms with Crippen LogP contribution in [0.4, 0.5) is 11.5 Å². The number of hydrogen-bond acceptors (Lipinski definition) is 3. The molecule has 1 aliphatic heterocycles. The second-order valence-corrected chi connectivity index (χ2v) is 6.89. The van der Waals surface area contributed by atoms with Crippen LogP contribution in [-0.2, 0) is 18.3 Å². The van der Waals surface area contributed by atoms with Crippen LogP contribution in [0.2, 0.25) is 10.0 Å². The number of nitrogens with zero attached hydrogens (tertiary/aromatic N) is 3. The fourth-order valence-electron chi connectivity index (χ4n) is 2.91. The molecule has 128 valence electrons. The SMILES string of the molecule is Cc1c(NC(=O)Cc2ccc(Cl)c(Cl)c2)c(N2CCCC2)nn1C. The van der Waals surface area contributed by atoms with Gasteiger partial charge in [-0.05, 0) is 37.5 Å². The molecule has 1 amide bonds. The van der Waals surface area contributed by atoms with Gasteiger partial charge < -0.3 is 10.2 Å². The summed E-state index contributed by atoms with van der Waals surface area (Å²) in [6.45, 7) is 3.92. The summed E-state index contributed by atoms with van der Waals surface area (Å²) in [4.78, 5) is 14.7. The monoisotopic (exact) mass is 366 g/mol. The molecule has 1 aliphatic rings. The third-order valence-electron chi connectivity index (χ3n) is 4.33. The number of halogens is 2. The molecule has 0 radical (unpaired) electrons. The topological polar surface area (TPSA) is 50.2 Å². The molecule has 7 heteroatoms. The molecule has 0 atom stereocenters. The van der Waals surface area contributed by atoms with E-state index in [9.17, 15) is 4.79 Å². The highest BCUT2D eigenvalue weighted by atomic mass is 35.5. The molecule has 0 aliphatic carbocycles. The Balaban J connectivity index is 1.77. The Morgan fingerprint density at radius 2 is 1.96 bits per heavy atom. The van der Waals surface area contributed by atoms with Crippen molar-refractivity contribution in [1.82, 2.24) is 9.78 Å². The highest BCUT2D eigenvalue weighted by Crippen LogP contribution is 2.31. The summed E-state index contributed by atoms with van der Waals surface area (Å²) < 4.78 is 1.81. The summed E-state index contributed by atoms with van der Waals surface area (Å²) in [5.41, 5.74) is 2.56. The van der Waals surface area contributed by atoms with E-state index >= 15 is 0 Å². The first kappa shape index (κ1) is 17.1. The number of hydrogen-bond donors (Lipinski definition) is 1. The molecular formula is C17H20Cl2N4O. The van der Waals surface area contributed by atoms with E-state index < -0.39 is 0 Å². The normalized spacial score (nSPS) is 14.2. The number of rotatable bonds is 4. The molecule has 2 aromatic rings. The minimum atomic E-state index is -0.0927. The van der Waals surface area contributed by atoms with E-state index in [1.807, 2.05) is 24.7 Å². The van der Waals surface area contributed by atoms with Crippen LogP contribution >= 0.6 is 23.2 Å². The molecular weight excluding hydrogens is 347 g/mol. The smallest absolute Gasteiger partial charge is 0.228 e. The zero-order valence-electron chi connectivity index (χ0n) is 13.8. The quantitative estimate of drug-likeness (QED) is 0.894. The molecule has 1 N–H and O–H groups in total. The van der Waals surface area contributed by atoms with Gasteiger partial charge >= 0.3 is 0 Å². The summed E-state index contributed by atoms with van der Waals surface area (Å²) in [5, 5.41) is 8.53. The Bertz CT molecular complexity index is 766. The van der Waals surface area contributed by atoms with Gasteiger partial charge in [0.2, 0.25) is 5.91 Å². The van der Waals surface area contributed by atoms with Gasteiger partial charge in [0.25, 0.3) is 0 Å². The van der Waals surface area contributed by atoms with Crippen LogP contribution in [0.3, 0.4) is 0 Å². The van der Waals surface area contributed by atoms with E-state index in [1.165, 1.54) is 0 Å². The van der Waals surface area contributed by atoms with Gasteiger partial charge in [-0.1, -0.05) is 29.3 Å². The summed E-state index contributed by atoms with van der Waals surface area (Å²) in [6.07, 6.45) is 2.56. The molecule has 1 fully saturated rings. The molecule has 0 spiro atoms. The summed E-state index contributed by atoms with van der Waals surface area (Å²) in [6, 6.07) is 5.24. The Morgan fingerprint density at radius 3 is 2.62 bits per heavy atom. The van der Waals surface area contributed by atoms with Gasteiger partial charge in [-0.25, -0.2) is 0 Å². The number of nitrogens with one attached hydrogen (secondary N) is 1. The van der Waals surface area contributed by atoms with Gasteiger partial charge in [0.15, 0.2) is 5.82 Å². The highest BCUT2D eigenvalue weighted by molar-refractivity contribution is 6.42. The molecule has 3 rings (SSSR count). The van der Waals surface area contributed by atoms with Crippen molar-refractivity contribution < 1.29 is 4.79 Å². The maximum Gasteiger partial charge on any atom is 0.228 e. The predicted octanol–water partition coefficient (Wildman–Crippen LogP) is 3.82. The molecule has 5 nitrogen and oxygen atoms in total. The number of carbonyl (C=O) groups excluding carboxylic acids is 1. The van der Waals surface area contributed by atoms with Crippen molar-refractivity contribution in [2.75, 3.05) is 23.3 Å². The number of aromatic nitrogens is 2. The Morgan fingerprint density at radius 1 is 1.25 bits per heavy atom. The van der Waals surface area contributed by atoms with Gasteiger partial charge in [-0.15, -0.1) is 0 Å². The van der Waals surface area contributed by atoms with Gasteiger partial charge in [-0.2, -0.15) is 5.10 Å². The molecule has 0 saturated carbocycles. The van der Waals surface area contributed by atoms with Gasteiger partial charge in [-0.3, -0.25) is 9.48 Å². The third kappa shape index (κ3) is 3.52. The number of benzene rings is 1. The summed E-state index contributed by atoms with van der Waals surface area (Å²) >= 11 is 11.9. The minimum Gasteiger partial charge on any atom is -0.353 e. The second kappa shape index (κ2) is 7.03. The number of anilines is 2. The van der Waals surface area contributed by atoms with Crippen molar-refractivity contribution in [3.63, 3.8) is 0 Å². The first-order valence-corrected chi connectivity index (χ1v) is 8.73. The van der Waals surface area contributed by atoms with Gasteiger partial charge in [0.1, 0.15) is 5.69 Å². The molecule has 1 saturated heterocycles. The zero-order chi connectivity index (χ0) is 17.3. The van der Waals surface area contributed by atoms with Gasteiger partial charge in [0.05, 0.1) is 22.2 Å². The third-order valence-corrected chi connectivity index (χ3v) is 5.07. The average molecular weight is 367 g/mol. The lowest BCUT2D eigenvalue weighted by atomic mass is 10.1. The van der Waals surface area contributed by atoms with Crippen molar-refractivity contribution in [1.29, 1.82) is 0 Å². The van der Waals surface area contributed by atoms with E-state index in [0.29, 0.717) is 10.0 Å². The van der Waals surface area contributed by atoms with E-state index in [-0.39, 0.29) is 12.3 Å². The summed E-state index contributed by atoms with van der Waals surface area (Å²) in [7, 11) is 1.89. The molecule has 1 aromatic carbocycles. The lowest BCUT2D eigenvalue weighted by molar-refractivity contribution is -0.115. The molecule has 24 heavy (non-hydrogen) atoms. The van der Waals surface area contributed by atoms with Crippen LogP contribution < -0.4 is 10.2 Å². The fourth-order valence-corrected chi connectivity index (χ4v) is 3.23. The number of aryl methyl sites for hydroxylation is 1. The van der Waals surface area contributed by atoms with Crippen molar-refractivity contribution in [2.24, 2.45) is 7.05 Å². The van der Waals surface area contributed by atoms with E-state index in [2.05, 4.69) is 15.3 Å². The molecule has 0 bridgehead atoms. The Labute approximate surface area is 151 Å². The van der Waals surface area contributed by atoms with Crippen LogP contribution in [0.1, 0.15) is 24.1 Å². The van der Waals surface area contributed by atoms with E-state index in [0.717, 1.165) is 48.7 Å². The summed E-state index contributed by atoms with van der Waals surface area (Å²) in [5.74, 6) is 0.764. The zero-order valence-corrected chi connectivity index (χ0v) is 15.3. The molecule has 1 aromatic heterocycles. The second-order valence-electron chi connectivity index (χ2n) is 6.08. The van der Waals surface area contributed by atoms with E-state index in [4.69, 9.17) is 23.2 Å². The first-order chi connectivity index (χ1) is 11.5. The van der Waals surface area contributed by atoms with Crippen LogP contribution in [0.5, 0.6) is 0 Å². The maximum absolute atomic E-state index is 12.5. The van der Waals surface area contributed by atoms with Gasteiger partial charge in [0, 0.05) is 20.1 Å². The predicted molar refractivity (Wildman–Crippen MR) is 98.2 cm³/mol. The standard InChI is InChI=1S/C17H20Cl2N4O/c1-11-16(17(21-22(11)2)23-7-3-4-8-23)20-15(24)10-12-5-6-13(18)14(19)9-12/h5-6,9H,3-4,7-8,10H2,1-2H3,(H,20,24). The maximum atomic E-state index is 12.5. The average Bonchev–Trinajstić information content (AvgIpc) is 3.15.